The lowest BCUT2D eigenvalue weighted by Gasteiger charge is -2.29. The van der Waals surface area contributed by atoms with Crippen LogP contribution in [0.15, 0.2) is 42.5 Å². The van der Waals surface area contributed by atoms with Gasteiger partial charge in [0.25, 0.3) is 0 Å². The summed E-state index contributed by atoms with van der Waals surface area (Å²) in [5.74, 6) is -2.27. The van der Waals surface area contributed by atoms with Crippen LogP contribution in [0.5, 0.6) is 0 Å². The largest absolute Gasteiger partial charge is 0.372 e. The molecule has 0 aromatic heterocycles. The number of hydrogen-bond donors (Lipinski definition) is 2. The standard InChI is InChI=1S/C17H17F3N2O2/c1-17(24-2,11-6-3-4-7-12(11)18)10-21-16(23)22-15-13(19)8-5-9-14(15)20/h3-9H,10H2,1-2H3,(H2,21,22,23)/t17-/m0/s1. The second-order valence-corrected chi connectivity index (χ2v) is 5.32. The fraction of sp³-hybridized carbons (Fsp3) is 0.235. The van der Waals surface area contributed by atoms with Crippen LogP contribution >= 0.6 is 0 Å². The Hall–Kier alpha value is -2.54. The van der Waals surface area contributed by atoms with Gasteiger partial charge in [-0.1, -0.05) is 24.3 Å². The van der Waals surface area contributed by atoms with E-state index in [1.165, 1.54) is 31.4 Å². The highest BCUT2D eigenvalue weighted by atomic mass is 19.1. The molecule has 1 atom stereocenters. The first kappa shape index (κ1) is 17.8. The van der Waals surface area contributed by atoms with E-state index in [4.69, 9.17) is 4.74 Å². The zero-order chi connectivity index (χ0) is 17.7. The number of para-hydroxylation sites is 1. The predicted molar refractivity (Wildman–Crippen MR) is 84.1 cm³/mol. The third kappa shape index (κ3) is 3.86. The molecule has 7 heteroatoms. The summed E-state index contributed by atoms with van der Waals surface area (Å²) in [5, 5.41) is 4.52. The Labute approximate surface area is 137 Å². The number of methoxy groups -OCH3 is 1. The van der Waals surface area contributed by atoms with Crippen LogP contribution in [0.1, 0.15) is 12.5 Å². The van der Waals surface area contributed by atoms with Gasteiger partial charge in [-0.3, -0.25) is 0 Å². The van der Waals surface area contributed by atoms with Crippen LogP contribution in [0.3, 0.4) is 0 Å². The number of benzene rings is 2. The Morgan fingerprint density at radius 2 is 1.62 bits per heavy atom. The van der Waals surface area contributed by atoms with Gasteiger partial charge in [0.15, 0.2) is 0 Å². The van der Waals surface area contributed by atoms with E-state index in [1.807, 2.05) is 0 Å². The minimum absolute atomic E-state index is 0.105. The number of rotatable bonds is 5. The van der Waals surface area contributed by atoms with Crippen LogP contribution in [-0.2, 0) is 10.3 Å². The quantitative estimate of drug-likeness (QED) is 0.871. The van der Waals surface area contributed by atoms with E-state index in [0.29, 0.717) is 0 Å². The minimum atomic E-state index is -1.14. The molecule has 2 aromatic carbocycles. The SMILES string of the molecule is CO[C@@](C)(CNC(=O)Nc1c(F)cccc1F)c1ccccc1F. The summed E-state index contributed by atoms with van der Waals surface area (Å²) < 4.78 is 46.3. The van der Waals surface area contributed by atoms with Crippen molar-refractivity contribution >= 4 is 11.7 Å². The maximum absolute atomic E-state index is 13.9. The molecule has 2 aromatic rings. The second-order valence-electron chi connectivity index (χ2n) is 5.32. The zero-order valence-electron chi connectivity index (χ0n) is 13.2. The molecule has 2 rings (SSSR count). The fourth-order valence-corrected chi connectivity index (χ4v) is 2.19. The van der Waals surface area contributed by atoms with Crippen LogP contribution in [0.4, 0.5) is 23.7 Å². The lowest BCUT2D eigenvalue weighted by Crippen LogP contribution is -2.42. The smallest absolute Gasteiger partial charge is 0.319 e. The van der Waals surface area contributed by atoms with Gasteiger partial charge in [0.1, 0.15) is 28.7 Å². The van der Waals surface area contributed by atoms with Gasteiger partial charge in [0.2, 0.25) is 0 Å². The lowest BCUT2D eigenvalue weighted by molar-refractivity contribution is 0.00235. The highest BCUT2D eigenvalue weighted by molar-refractivity contribution is 5.89. The summed E-state index contributed by atoms with van der Waals surface area (Å²) in [6.07, 6.45) is 0. The molecule has 0 saturated carbocycles. The highest BCUT2D eigenvalue weighted by Gasteiger charge is 2.30. The Bertz CT molecular complexity index is 719. The summed E-state index contributed by atoms with van der Waals surface area (Å²) in [5.41, 5.74) is -1.44. The fourth-order valence-electron chi connectivity index (χ4n) is 2.19. The Balaban J connectivity index is 2.08. The highest BCUT2D eigenvalue weighted by Crippen LogP contribution is 2.26. The number of anilines is 1. The summed E-state index contributed by atoms with van der Waals surface area (Å²) in [6, 6.07) is 8.40. The van der Waals surface area contributed by atoms with Gasteiger partial charge < -0.3 is 15.4 Å². The average Bonchev–Trinajstić information content (AvgIpc) is 2.56. The molecule has 0 saturated heterocycles. The summed E-state index contributed by atoms with van der Waals surface area (Å²) in [6.45, 7) is 1.49. The van der Waals surface area contributed by atoms with Crippen molar-refractivity contribution in [2.75, 3.05) is 19.0 Å². The van der Waals surface area contributed by atoms with E-state index in [2.05, 4.69) is 10.6 Å². The molecule has 0 bridgehead atoms. The normalized spacial score (nSPS) is 13.2. The lowest BCUT2D eigenvalue weighted by atomic mass is 9.95. The third-order valence-corrected chi connectivity index (χ3v) is 3.68. The molecule has 0 aliphatic rings. The van der Waals surface area contributed by atoms with Crippen molar-refractivity contribution in [3.05, 3.63) is 65.5 Å². The number of amides is 2. The van der Waals surface area contributed by atoms with Crippen molar-refractivity contribution in [2.45, 2.75) is 12.5 Å². The van der Waals surface area contributed by atoms with Crippen LogP contribution in [0.2, 0.25) is 0 Å². The molecule has 0 aliphatic heterocycles. The van der Waals surface area contributed by atoms with Gasteiger partial charge in [-0.2, -0.15) is 0 Å². The third-order valence-electron chi connectivity index (χ3n) is 3.68. The zero-order valence-corrected chi connectivity index (χ0v) is 13.2. The summed E-state index contributed by atoms with van der Waals surface area (Å²) in [7, 11) is 1.38. The van der Waals surface area contributed by atoms with Crippen molar-refractivity contribution in [1.82, 2.24) is 5.32 Å². The summed E-state index contributed by atoms with van der Waals surface area (Å²) >= 11 is 0. The number of carbonyl (C=O) groups excluding carboxylic acids is 1. The molecule has 0 spiro atoms. The van der Waals surface area contributed by atoms with E-state index in [1.54, 1.807) is 13.0 Å². The molecule has 2 amide bonds. The van der Waals surface area contributed by atoms with Crippen LogP contribution in [0, 0.1) is 17.5 Å². The van der Waals surface area contributed by atoms with E-state index in [9.17, 15) is 18.0 Å². The molecule has 24 heavy (non-hydrogen) atoms. The van der Waals surface area contributed by atoms with E-state index in [0.717, 1.165) is 12.1 Å². The average molecular weight is 338 g/mol. The second kappa shape index (κ2) is 7.35. The molecule has 2 N–H and O–H groups in total. The first-order valence-electron chi connectivity index (χ1n) is 7.16. The first-order chi connectivity index (χ1) is 11.4. The maximum Gasteiger partial charge on any atom is 0.319 e. The molecule has 0 unspecified atom stereocenters. The molecule has 0 radical (unpaired) electrons. The maximum atomic E-state index is 13.9. The van der Waals surface area contributed by atoms with Crippen LogP contribution in [-0.4, -0.2) is 19.7 Å². The van der Waals surface area contributed by atoms with Gasteiger partial charge in [-0.25, -0.2) is 18.0 Å². The molecular weight excluding hydrogens is 321 g/mol. The van der Waals surface area contributed by atoms with Gasteiger partial charge >= 0.3 is 6.03 Å². The first-order valence-corrected chi connectivity index (χ1v) is 7.16. The van der Waals surface area contributed by atoms with Crippen LogP contribution < -0.4 is 10.6 Å². The van der Waals surface area contributed by atoms with Crippen molar-refractivity contribution in [1.29, 1.82) is 0 Å². The van der Waals surface area contributed by atoms with E-state index in [-0.39, 0.29) is 12.1 Å². The monoisotopic (exact) mass is 338 g/mol. The van der Waals surface area contributed by atoms with Crippen molar-refractivity contribution in [3.8, 4) is 0 Å². The topological polar surface area (TPSA) is 50.4 Å². The molecule has 0 heterocycles. The number of hydrogen-bond acceptors (Lipinski definition) is 2. The number of nitrogens with one attached hydrogen (secondary N) is 2. The molecule has 4 nitrogen and oxygen atoms in total. The van der Waals surface area contributed by atoms with Gasteiger partial charge in [0.05, 0.1) is 6.54 Å². The predicted octanol–water partition coefficient (Wildman–Crippen LogP) is 3.79. The van der Waals surface area contributed by atoms with E-state index < -0.39 is 34.8 Å². The van der Waals surface area contributed by atoms with Crippen molar-refractivity contribution in [2.24, 2.45) is 0 Å². The number of urea groups is 1. The van der Waals surface area contributed by atoms with Gasteiger partial charge in [-0.05, 0) is 25.1 Å². The van der Waals surface area contributed by atoms with Crippen molar-refractivity contribution in [3.63, 3.8) is 0 Å². The summed E-state index contributed by atoms with van der Waals surface area (Å²) in [4.78, 5) is 11.9. The minimum Gasteiger partial charge on any atom is -0.372 e. The Morgan fingerprint density at radius 1 is 1.04 bits per heavy atom. The van der Waals surface area contributed by atoms with E-state index >= 15 is 0 Å². The number of ether oxygens (including phenoxy) is 1. The Morgan fingerprint density at radius 3 is 2.21 bits per heavy atom. The molecule has 0 aliphatic carbocycles. The van der Waals surface area contributed by atoms with Crippen molar-refractivity contribution < 1.29 is 22.7 Å². The van der Waals surface area contributed by atoms with Gasteiger partial charge in [-0.15, -0.1) is 0 Å². The molecule has 128 valence electrons. The van der Waals surface area contributed by atoms with Crippen LogP contribution in [0.25, 0.3) is 0 Å². The molecular formula is C17H17F3N2O2. The number of carbonyl (C=O) groups is 1. The molecule has 0 fully saturated rings. The van der Waals surface area contributed by atoms with Gasteiger partial charge in [0, 0.05) is 12.7 Å². The number of halogens is 3. The Kier molecular flexibility index (Phi) is 5.46.